The minimum Gasteiger partial charge on any atom is -0.508 e. The van der Waals surface area contributed by atoms with Crippen LogP contribution in [0.15, 0.2) is 45.6 Å². The maximum Gasteiger partial charge on any atom is 0.197 e. The third-order valence-electron chi connectivity index (χ3n) is 2.98. The molecule has 0 spiro atoms. The molecule has 0 fully saturated rings. The molecule has 0 radical (unpaired) electrons. The second-order valence-electron chi connectivity index (χ2n) is 4.55. The van der Waals surface area contributed by atoms with Crippen molar-refractivity contribution in [3.05, 3.63) is 46.6 Å². The number of phenols is 4. The van der Waals surface area contributed by atoms with Gasteiger partial charge in [-0.3, -0.25) is 4.79 Å². The van der Waals surface area contributed by atoms with E-state index in [1.165, 1.54) is 18.2 Å². The largest absolute Gasteiger partial charge is 0.508 e. The Morgan fingerprint density at radius 2 is 1.38 bits per heavy atom. The van der Waals surface area contributed by atoms with Crippen LogP contribution >= 0.6 is 0 Å². The van der Waals surface area contributed by atoms with E-state index in [1.54, 1.807) is 0 Å². The molecule has 0 aliphatic rings. The highest BCUT2D eigenvalue weighted by molar-refractivity contribution is 5.86. The summed E-state index contributed by atoms with van der Waals surface area (Å²) in [5.74, 6) is -0.926. The highest BCUT2D eigenvalue weighted by Gasteiger charge is 2.13. The second-order valence-corrected chi connectivity index (χ2v) is 4.55. The number of hydrogen-bond acceptors (Lipinski definition) is 6. The standard InChI is InChI=1S/C15H10O6/c16-8-1-7(2-9(17)3-8)13-6-12(20)15-11(19)4-10(18)5-14(15)21-13/h1-6,16-19H. The summed E-state index contributed by atoms with van der Waals surface area (Å²) in [6.45, 7) is 0. The van der Waals surface area contributed by atoms with E-state index in [2.05, 4.69) is 0 Å². The van der Waals surface area contributed by atoms with Gasteiger partial charge >= 0.3 is 0 Å². The molecular formula is C15H10O6. The normalized spacial score (nSPS) is 10.9. The van der Waals surface area contributed by atoms with E-state index in [4.69, 9.17) is 4.42 Å². The Hall–Kier alpha value is -3.15. The van der Waals surface area contributed by atoms with Gasteiger partial charge in [0, 0.05) is 29.8 Å². The molecule has 106 valence electrons. The smallest absolute Gasteiger partial charge is 0.197 e. The van der Waals surface area contributed by atoms with Crippen molar-refractivity contribution in [3.63, 3.8) is 0 Å². The van der Waals surface area contributed by atoms with E-state index in [9.17, 15) is 25.2 Å². The molecule has 3 rings (SSSR count). The second kappa shape index (κ2) is 4.45. The maximum absolute atomic E-state index is 12.0. The highest BCUT2D eigenvalue weighted by atomic mass is 16.3. The fraction of sp³-hybridized carbons (Fsp3) is 0. The van der Waals surface area contributed by atoms with E-state index in [0.717, 1.165) is 18.2 Å². The van der Waals surface area contributed by atoms with Crippen LogP contribution in [0.1, 0.15) is 0 Å². The molecule has 0 unspecified atom stereocenters. The summed E-state index contributed by atoms with van der Waals surface area (Å²) in [6.07, 6.45) is 0. The Kier molecular flexibility index (Phi) is 2.72. The SMILES string of the molecule is O=c1cc(-c2cc(O)cc(O)c2)oc2cc(O)cc(O)c12. The number of phenolic OH excluding ortho intramolecular Hbond substituents is 4. The molecule has 4 N–H and O–H groups in total. The van der Waals surface area contributed by atoms with Crippen LogP contribution in [0.2, 0.25) is 0 Å². The zero-order valence-corrected chi connectivity index (χ0v) is 10.6. The predicted octanol–water partition coefficient (Wildman–Crippen LogP) is 2.28. The molecule has 6 heteroatoms. The Labute approximate surface area is 117 Å². The van der Waals surface area contributed by atoms with E-state index >= 15 is 0 Å². The first-order chi connectivity index (χ1) is 9.94. The van der Waals surface area contributed by atoms with Gasteiger partial charge < -0.3 is 24.8 Å². The first-order valence-corrected chi connectivity index (χ1v) is 5.97. The monoisotopic (exact) mass is 286 g/mol. The minimum absolute atomic E-state index is 0.00201. The molecule has 0 amide bonds. The van der Waals surface area contributed by atoms with Crippen LogP contribution in [-0.4, -0.2) is 20.4 Å². The van der Waals surface area contributed by atoms with Gasteiger partial charge in [0.15, 0.2) is 5.43 Å². The first-order valence-electron chi connectivity index (χ1n) is 5.97. The predicted molar refractivity (Wildman–Crippen MR) is 74.6 cm³/mol. The van der Waals surface area contributed by atoms with Crippen LogP contribution in [0.5, 0.6) is 23.0 Å². The molecule has 0 saturated heterocycles. The summed E-state index contributed by atoms with van der Waals surface area (Å²) in [5, 5.41) is 38.0. The van der Waals surface area contributed by atoms with E-state index in [-0.39, 0.29) is 45.3 Å². The molecule has 6 nitrogen and oxygen atoms in total. The molecule has 3 aromatic rings. The number of aromatic hydroxyl groups is 4. The third kappa shape index (κ3) is 2.23. The molecule has 0 saturated carbocycles. The van der Waals surface area contributed by atoms with Gasteiger partial charge in [-0.2, -0.15) is 0 Å². The molecule has 1 aromatic heterocycles. The van der Waals surface area contributed by atoms with Crippen molar-refractivity contribution in [2.24, 2.45) is 0 Å². The summed E-state index contributed by atoms with van der Waals surface area (Å²) in [5.41, 5.74) is -0.223. The van der Waals surface area contributed by atoms with Crippen molar-refractivity contribution in [2.75, 3.05) is 0 Å². The molecule has 0 aliphatic carbocycles. The van der Waals surface area contributed by atoms with Crippen LogP contribution in [0.25, 0.3) is 22.3 Å². The molecular weight excluding hydrogens is 276 g/mol. The van der Waals surface area contributed by atoms with Gasteiger partial charge in [-0.05, 0) is 12.1 Å². The Morgan fingerprint density at radius 3 is 2.05 bits per heavy atom. The minimum atomic E-state index is -0.508. The van der Waals surface area contributed by atoms with Gasteiger partial charge in [-0.1, -0.05) is 0 Å². The lowest BCUT2D eigenvalue weighted by Crippen LogP contribution is -2.00. The van der Waals surface area contributed by atoms with Gasteiger partial charge in [0.2, 0.25) is 0 Å². The maximum atomic E-state index is 12.0. The molecule has 21 heavy (non-hydrogen) atoms. The number of benzene rings is 2. The van der Waals surface area contributed by atoms with Crippen molar-refractivity contribution >= 4 is 11.0 Å². The van der Waals surface area contributed by atoms with E-state index in [1.807, 2.05) is 0 Å². The van der Waals surface area contributed by atoms with Gasteiger partial charge in [0.05, 0.1) is 0 Å². The van der Waals surface area contributed by atoms with Gasteiger partial charge in [0.1, 0.15) is 39.7 Å². The fourth-order valence-electron chi connectivity index (χ4n) is 2.13. The van der Waals surface area contributed by atoms with E-state index < -0.39 is 5.43 Å². The molecule has 0 aliphatic heterocycles. The van der Waals surface area contributed by atoms with Crippen LogP contribution in [0, 0.1) is 0 Å². The summed E-state index contributed by atoms with van der Waals surface area (Å²) < 4.78 is 5.46. The van der Waals surface area contributed by atoms with Crippen molar-refractivity contribution in [1.82, 2.24) is 0 Å². The number of rotatable bonds is 1. The average Bonchev–Trinajstić information content (AvgIpc) is 2.35. The lowest BCUT2D eigenvalue weighted by atomic mass is 10.1. The first kappa shape index (κ1) is 12.9. The van der Waals surface area contributed by atoms with Crippen LogP contribution in [0.4, 0.5) is 0 Å². The van der Waals surface area contributed by atoms with Crippen molar-refractivity contribution < 1.29 is 24.8 Å². The Bertz CT molecular complexity index is 890. The van der Waals surface area contributed by atoms with Crippen LogP contribution in [-0.2, 0) is 0 Å². The summed E-state index contributed by atoms with van der Waals surface area (Å²) >= 11 is 0. The van der Waals surface area contributed by atoms with Crippen LogP contribution < -0.4 is 5.43 Å². The van der Waals surface area contributed by atoms with Gasteiger partial charge in [0.25, 0.3) is 0 Å². The summed E-state index contributed by atoms with van der Waals surface area (Å²) in [7, 11) is 0. The van der Waals surface area contributed by atoms with Crippen molar-refractivity contribution in [2.45, 2.75) is 0 Å². The molecule has 0 atom stereocenters. The Morgan fingerprint density at radius 1 is 0.762 bits per heavy atom. The topological polar surface area (TPSA) is 111 Å². The number of fused-ring (bicyclic) bond motifs is 1. The zero-order valence-electron chi connectivity index (χ0n) is 10.6. The van der Waals surface area contributed by atoms with Gasteiger partial charge in [-0.15, -0.1) is 0 Å². The van der Waals surface area contributed by atoms with Crippen molar-refractivity contribution in [1.29, 1.82) is 0 Å². The Balaban J connectivity index is 2.32. The van der Waals surface area contributed by atoms with Gasteiger partial charge in [-0.25, -0.2) is 0 Å². The average molecular weight is 286 g/mol. The number of hydrogen-bond donors (Lipinski definition) is 4. The van der Waals surface area contributed by atoms with Crippen molar-refractivity contribution in [3.8, 4) is 34.3 Å². The zero-order chi connectivity index (χ0) is 15.1. The van der Waals surface area contributed by atoms with Crippen LogP contribution in [0.3, 0.4) is 0 Å². The molecule has 2 aromatic carbocycles. The highest BCUT2D eigenvalue weighted by Crippen LogP contribution is 2.32. The van der Waals surface area contributed by atoms with E-state index in [0.29, 0.717) is 0 Å². The summed E-state index contributed by atoms with van der Waals surface area (Å²) in [4.78, 5) is 12.0. The summed E-state index contributed by atoms with van der Waals surface area (Å²) in [6, 6.07) is 7.13. The molecule has 1 heterocycles. The third-order valence-corrected chi connectivity index (χ3v) is 2.98. The lowest BCUT2D eigenvalue weighted by molar-refractivity contribution is 0.448. The lowest BCUT2D eigenvalue weighted by Gasteiger charge is -2.06. The molecule has 0 bridgehead atoms. The fourth-order valence-corrected chi connectivity index (χ4v) is 2.13. The quantitative estimate of drug-likeness (QED) is 0.546.